The predicted molar refractivity (Wildman–Crippen MR) is 98.4 cm³/mol. The van der Waals surface area contributed by atoms with Crippen molar-refractivity contribution >= 4 is 11.9 Å². The van der Waals surface area contributed by atoms with E-state index in [2.05, 4.69) is 0 Å². The van der Waals surface area contributed by atoms with E-state index in [0.29, 0.717) is 17.0 Å². The van der Waals surface area contributed by atoms with Crippen LogP contribution < -0.4 is 9.47 Å². The predicted octanol–water partition coefficient (Wildman–Crippen LogP) is 1.87. The fourth-order valence-electron chi connectivity index (χ4n) is 3.51. The second kappa shape index (κ2) is 6.85. The highest BCUT2D eigenvalue weighted by molar-refractivity contribution is 5.98. The average Bonchev–Trinajstić information content (AvgIpc) is 2.81. The molecule has 0 spiro atoms. The Labute approximate surface area is 163 Å². The molecule has 0 radical (unpaired) electrons. The number of ether oxygens (including phenoxy) is 3. The van der Waals surface area contributed by atoms with Crippen LogP contribution in [0.3, 0.4) is 0 Å². The Morgan fingerprint density at radius 3 is 2.11 bits per heavy atom. The molecular formula is C20H24N2O6. The van der Waals surface area contributed by atoms with Crippen molar-refractivity contribution in [3.8, 4) is 5.75 Å². The minimum Gasteiger partial charge on any atom is -0.711 e. The number of hydrogen-bond donors (Lipinski definition) is 0. The summed E-state index contributed by atoms with van der Waals surface area (Å²) in [4.78, 5) is 25.6. The van der Waals surface area contributed by atoms with Crippen LogP contribution in [0.2, 0.25) is 0 Å². The summed E-state index contributed by atoms with van der Waals surface area (Å²) >= 11 is 0. The molecule has 8 heteroatoms. The van der Waals surface area contributed by atoms with E-state index in [0.717, 1.165) is 10.4 Å². The largest absolute Gasteiger partial charge is 0.711 e. The first-order chi connectivity index (χ1) is 13.1. The summed E-state index contributed by atoms with van der Waals surface area (Å²) in [5.41, 5.74) is 1.83. The van der Waals surface area contributed by atoms with E-state index < -0.39 is 29.6 Å². The van der Waals surface area contributed by atoms with Crippen LogP contribution in [-0.2, 0) is 26.1 Å². The third-order valence-electron chi connectivity index (χ3n) is 5.17. The van der Waals surface area contributed by atoms with E-state index in [4.69, 9.17) is 14.2 Å². The van der Waals surface area contributed by atoms with Crippen LogP contribution in [0.1, 0.15) is 42.5 Å². The number of methoxy groups -OCH3 is 1. The molecule has 150 valence electrons. The van der Waals surface area contributed by atoms with E-state index in [1.54, 1.807) is 56.8 Å². The molecule has 0 bridgehead atoms. The van der Waals surface area contributed by atoms with Gasteiger partial charge in [-0.15, -0.1) is 0 Å². The van der Waals surface area contributed by atoms with E-state index in [1.165, 1.54) is 13.8 Å². The minimum atomic E-state index is -1.34. The lowest BCUT2D eigenvalue weighted by Gasteiger charge is -2.35. The number of carbonyl (C=O) groups is 2. The first-order valence-electron chi connectivity index (χ1n) is 8.92. The van der Waals surface area contributed by atoms with E-state index in [9.17, 15) is 14.8 Å². The lowest BCUT2D eigenvalue weighted by atomic mass is 9.84. The van der Waals surface area contributed by atoms with Crippen LogP contribution in [0, 0.1) is 25.0 Å². The van der Waals surface area contributed by atoms with Crippen molar-refractivity contribution in [2.45, 2.75) is 39.4 Å². The maximum atomic E-state index is 12.9. The molecule has 0 amide bonds. The van der Waals surface area contributed by atoms with Gasteiger partial charge in [0.2, 0.25) is 0 Å². The van der Waals surface area contributed by atoms with Gasteiger partial charge < -0.3 is 19.4 Å². The molecule has 8 nitrogen and oxygen atoms in total. The average molecular weight is 388 g/mol. The Morgan fingerprint density at radius 2 is 1.68 bits per heavy atom. The molecule has 0 saturated carbocycles. The molecule has 1 atom stereocenters. The van der Waals surface area contributed by atoms with Gasteiger partial charge in [-0.3, -0.25) is 9.59 Å². The number of rotatable bonds is 4. The topological polar surface area (TPSA) is 93.7 Å². The molecule has 3 rings (SSSR count). The van der Waals surface area contributed by atoms with Gasteiger partial charge in [0.15, 0.2) is 5.92 Å². The maximum absolute atomic E-state index is 12.9. The normalized spacial score (nSPS) is 17.8. The summed E-state index contributed by atoms with van der Waals surface area (Å²) in [6.45, 7) is 6.48. The fourth-order valence-corrected chi connectivity index (χ4v) is 3.51. The summed E-state index contributed by atoms with van der Waals surface area (Å²) in [5.74, 6) is -4.09. The van der Waals surface area contributed by atoms with Gasteiger partial charge in [0, 0.05) is 27.7 Å². The van der Waals surface area contributed by atoms with Crippen molar-refractivity contribution in [1.82, 2.24) is 4.57 Å². The Bertz CT molecular complexity index is 884. The first kappa shape index (κ1) is 19.7. The molecule has 1 fully saturated rings. The second-order valence-electron chi connectivity index (χ2n) is 7.35. The van der Waals surface area contributed by atoms with E-state index in [1.807, 2.05) is 0 Å². The van der Waals surface area contributed by atoms with E-state index >= 15 is 0 Å². The third kappa shape index (κ3) is 3.19. The fraction of sp³-hybridized carbons (Fsp3) is 0.450. The molecule has 2 heterocycles. The lowest BCUT2D eigenvalue weighted by Crippen LogP contribution is -2.50. The highest BCUT2D eigenvalue weighted by atomic mass is 16.7. The number of carbonyl (C=O) groups excluding carboxylic acids is 2. The van der Waals surface area contributed by atoms with Crippen molar-refractivity contribution in [3.05, 3.63) is 52.2 Å². The van der Waals surface area contributed by atoms with Crippen LogP contribution >= 0.6 is 0 Å². The SMILES string of the molecule is COc1ccc(C(c2n(C)c(C)c(C)[n+]2[O-])C2C(=O)OC(C)(C)OC2=O)cc1. The van der Waals surface area contributed by atoms with Crippen molar-refractivity contribution in [2.75, 3.05) is 7.11 Å². The standard InChI is InChI=1S/C20H24N2O6/c1-11-12(2)22(25)17(21(11)5)15(13-7-9-14(26-6)10-8-13)16-18(23)27-20(3,4)28-19(16)24/h7-10,15-16H,1-6H3. The molecule has 1 aliphatic rings. The summed E-state index contributed by atoms with van der Waals surface area (Å²) in [6, 6.07) is 6.87. The smallest absolute Gasteiger partial charge is 0.324 e. The van der Waals surface area contributed by atoms with Crippen LogP contribution in [0.4, 0.5) is 0 Å². The van der Waals surface area contributed by atoms with Crippen LogP contribution in [0.5, 0.6) is 5.75 Å². The van der Waals surface area contributed by atoms with E-state index in [-0.39, 0.29) is 5.82 Å². The minimum absolute atomic E-state index is 0.263. The summed E-state index contributed by atoms with van der Waals surface area (Å²) in [5, 5.41) is 12.9. The number of nitrogens with zero attached hydrogens (tertiary/aromatic N) is 2. The van der Waals surface area contributed by atoms with Crippen molar-refractivity contribution < 1.29 is 28.5 Å². The Morgan fingerprint density at radius 1 is 1.14 bits per heavy atom. The summed E-state index contributed by atoms with van der Waals surface area (Å²) in [7, 11) is 3.27. The number of imidazole rings is 1. The van der Waals surface area contributed by atoms with Gasteiger partial charge in [-0.25, -0.2) is 9.30 Å². The van der Waals surface area contributed by atoms with Gasteiger partial charge in [0.25, 0.3) is 11.6 Å². The molecule has 1 aromatic carbocycles. The second-order valence-corrected chi connectivity index (χ2v) is 7.35. The quantitative estimate of drug-likeness (QED) is 0.344. The Kier molecular flexibility index (Phi) is 4.82. The Balaban J connectivity index is 2.19. The third-order valence-corrected chi connectivity index (χ3v) is 5.17. The summed E-state index contributed by atoms with van der Waals surface area (Å²) in [6.07, 6.45) is 0. The molecular weight excluding hydrogens is 364 g/mol. The highest BCUT2D eigenvalue weighted by Gasteiger charge is 2.51. The Hall–Kier alpha value is -3.03. The van der Waals surface area contributed by atoms with Crippen molar-refractivity contribution in [1.29, 1.82) is 0 Å². The lowest BCUT2D eigenvalue weighted by molar-refractivity contribution is -0.621. The number of aromatic nitrogens is 2. The number of cyclic esters (lactones) is 2. The molecule has 0 N–H and O–H groups in total. The van der Waals surface area contributed by atoms with Crippen molar-refractivity contribution in [2.24, 2.45) is 13.0 Å². The first-order valence-corrected chi connectivity index (χ1v) is 8.92. The molecule has 2 aromatic rings. The van der Waals surface area contributed by atoms with Gasteiger partial charge >= 0.3 is 11.9 Å². The van der Waals surface area contributed by atoms with Gasteiger partial charge in [0.1, 0.15) is 23.1 Å². The zero-order valence-electron chi connectivity index (χ0n) is 16.8. The molecule has 0 aliphatic carbocycles. The van der Waals surface area contributed by atoms with Gasteiger partial charge in [-0.1, -0.05) is 12.1 Å². The highest BCUT2D eigenvalue weighted by Crippen LogP contribution is 2.38. The monoisotopic (exact) mass is 388 g/mol. The zero-order valence-corrected chi connectivity index (χ0v) is 16.8. The van der Waals surface area contributed by atoms with Gasteiger partial charge in [0.05, 0.1) is 14.2 Å². The number of hydrogen-bond acceptors (Lipinski definition) is 6. The van der Waals surface area contributed by atoms with Crippen LogP contribution in [0.15, 0.2) is 24.3 Å². The van der Waals surface area contributed by atoms with Crippen LogP contribution in [0.25, 0.3) is 0 Å². The molecule has 1 unspecified atom stereocenters. The molecule has 1 aliphatic heterocycles. The maximum Gasteiger partial charge on any atom is 0.324 e. The van der Waals surface area contributed by atoms with Gasteiger partial charge in [-0.2, -0.15) is 0 Å². The molecule has 1 saturated heterocycles. The van der Waals surface area contributed by atoms with Crippen molar-refractivity contribution in [3.63, 3.8) is 0 Å². The zero-order chi connectivity index (χ0) is 20.8. The molecule has 1 aromatic heterocycles. The number of esters is 2. The van der Waals surface area contributed by atoms with Crippen LogP contribution in [-0.4, -0.2) is 29.4 Å². The summed E-state index contributed by atoms with van der Waals surface area (Å²) < 4.78 is 18.3. The number of benzene rings is 1. The van der Waals surface area contributed by atoms with Gasteiger partial charge in [-0.05, 0) is 17.7 Å². The molecule has 28 heavy (non-hydrogen) atoms.